The van der Waals surface area contributed by atoms with Crippen LogP contribution in [0.15, 0.2) is 53.7 Å². The van der Waals surface area contributed by atoms with Gasteiger partial charge in [-0.3, -0.25) is 4.79 Å². The van der Waals surface area contributed by atoms with Crippen LogP contribution in [0, 0.1) is 0 Å². The monoisotopic (exact) mass is 439 g/mol. The zero-order chi connectivity index (χ0) is 20.9. The van der Waals surface area contributed by atoms with Gasteiger partial charge in [-0.1, -0.05) is 66.9 Å². The number of rotatable bonds is 7. The van der Waals surface area contributed by atoms with E-state index in [2.05, 4.69) is 29.3 Å². The summed E-state index contributed by atoms with van der Waals surface area (Å²) in [6, 6.07) is 15.8. The van der Waals surface area contributed by atoms with Gasteiger partial charge in [-0.2, -0.15) is 0 Å². The Morgan fingerprint density at radius 1 is 1.03 bits per heavy atom. The molecule has 1 saturated carbocycles. The third-order valence-corrected chi connectivity index (χ3v) is 7.00. The van der Waals surface area contributed by atoms with Gasteiger partial charge in [-0.05, 0) is 55.5 Å². The van der Waals surface area contributed by atoms with E-state index >= 15 is 0 Å². The number of benzene rings is 2. The van der Waals surface area contributed by atoms with E-state index in [0.29, 0.717) is 16.7 Å². The van der Waals surface area contributed by atoms with Crippen molar-refractivity contribution >= 4 is 29.1 Å². The van der Waals surface area contributed by atoms with Gasteiger partial charge in [-0.25, -0.2) is 0 Å². The summed E-state index contributed by atoms with van der Waals surface area (Å²) in [7, 11) is 0. The highest BCUT2D eigenvalue weighted by Gasteiger charge is 2.17. The predicted molar refractivity (Wildman–Crippen MR) is 123 cm³/mol. The van der Waals surface area contributed by atoms with Crippen molar-refractivity contribution in [3.05, 3.63) is 64.7 Å². The second-order valence-corrected chi connectivity index (χ2v) is 9.11. The molecule has 1 aliphatic rings. The van der Waals surface area contributed by atoms with Crippen molar-refractivity contribution in [1.29, 1.82) is 0 Å². The van der Waals surface area contributed by atoms with Gasteiger partial charge < -0.3 is 4.57 Å². The molecule has 3 aromatic rings. The normalized spacial score (nSPS) is 14.7. The molecule has 0 unspecified atom stereocenters. The van der Waals surface area contributed by atoms with Crippen molar-refractivity contribution < 1.29 is 4.79 Å². The lowest BCUT2D eigenvalue weighted by Gasteiger charge is -2.22. The van der Waals surface area contributed by atoms with Crippen molar-refractivity contribution in [3.8, 4) is 11.4 Å². The van der Waals surface area contributed by atoms with E-state index in [1.54, 1.807) is 0 Å². The van der Waals surface area contributed by atoms with Gasteiger partial charge in [0.15, 0.2) is 16.8 Å². The molecule has 0 spiro atoms. The molecule has 1 aliphatic carbocycles. The minimum Gasteiger partial charge on any atom is -0.302 e. The fourth-order valence-corrected chi connectivity index (χ4v) is 5.11. The molecule has 4 nitrogen and oxygen atoms in total. The zero-order valence-corrected chi connectivity index (χ0v) is 18.8. The van der Waals surface area contributed by atoms with Gasteiger partial charge in [0.05, 0.1) is 5.75 Å². The van der Waals surface area contributed by atoms with Crippen molar-refractivity contribution in [1.82, 2.24) is 14.8 Å². The van der Waals surface area contributed by atoms with Crippen LogP contribution < -0.4 is 0 Å². The summed E-state index contributed by atoms with van der Waals surface area (Å²) in [5.74, 6) is 1.92. The lowest BCUT2D eigenvalue weighted by atomic mass is 9.84. The standard InChI is InChI=1S/C24H26ClN3OS/c1-2-28-23(20-12-14-21(25)15-13-20)26-27-24(28)30-16-22(29)19-10-8-18(9-11-19)17-6-4-3-5-7-17/h8-15,17H,2-7,16H2,1H3. The molecule has 0 amide bonds. The Labute approximate surface area is 187 Å². The van der Waals surface area contributed by atoms with Crippen molar-refractivity contribution in [2.24, 2.45) is 0 Å². The Morgan fingerprint density at radius 2 is 1.73 bits per heavy atom. The molecule has 0 N–H and O–H groups in total. The van der Waals surface area contributed by atoms with E-state index in [1.165, 1.54) is 49.4 Å². The van der Waals surface area contributed by atoms with Gasteiger partial charge in [0.1, 0.15) is 0 Å². The van der Waals surface area contributed by atoms with E-state index in [1.807, 2.05) is 41.0 Å². The van der Waals surface area contributed by atoms with Gasteiger partial charge in [-0.15, -0.1) is 10.2 Å². The van der Waals surface area contributed by atoms with Crippen LogP contribution in [0.3, 0.4) is 0 Å². The van der Waals surface area contributed by atoms with Crippen molar-refractivity contribution in [2.75, 3.05) is 5.75 Å². The molecule has 1 heterocycles. The molecule has 4 rings (SSSR count). The quantitative estimate of drug-likeness (QED) is 0.305. The van der Waals surface area contributed by atoms with Crippen LogP contribution in [0.4, 0.5) is 0 Å². The summed E-state index contributed by atoms with van der Waals surface area (Å²) >= 11 is 7.43. The van der Waals surface area contributed by atoms with Gasteiger partial charge in [0.2, 0.25) is 0 Å². The number of nitrogens with zero attached hydrogens (tertiary/aromatic N) is 3. The summed E-state index contributed by atoms with van der Waals surface area (Å²) in [6.07, 6.45) is 6.53. The Bertz CT molecular complexity index is 992. The van der Waals surface area contributed by atoms with Crippen LogP contribution in [-0.4, -0.2) is 26.3 Å². The Kier molecular flexibility index (Phi) is 6.90. The molecular formula is C24H26ClN3OS. The van der Waals surface area contributed by atoms with Gasteiger partial charge in [0.25, 0.3) is 0 Å². The zero-order valence-electron chi connectivity index (χ0n) is 17.2. The average Bonchev–Trinajstić information content (AvgIpc) is 3.21. The maximum atomic E-state index is 12.7. The Hall–Kier alpha value is -2.11. The molecule has 156 valence electrons. The fraction of sp³-hybridized carbons (Fsp3) is 0.375. The Morgan fingerprint density at radius 3 is 2.40 bits per heavy atom. The molecule has 0 atom stereocenters. The molecule has 0 bridgehead atoms. The summed E-state index contributed by atoms with van der Waals surface area (Å²) in [4.78, 5) is 12.7. The fourth-order valence-electron chi connectivity index (χ4n) is 4.08. The van der Waals surface area contributed by atoms with E-state index in [0.717, 1.165) is 28.7 Å². The molecule has 0 saturated heterocycles. The number of carbonyl (C=O) groups is 1. The highest BCUT2D eigenvalue weighted by Crippen LogP contribution is 2.33. The lowest BCUT2D eigenvalue weighted by molar-refractivity contribution is 0.102. The van der Waals surface area contributed by atoms with E-state index in [-0.39, 0.29) is 5.78 Å². The van der Waals surface area contributed by atoms with Crippen LogP contribution >= 0.6 is 23.4 Å². The predicted octanol–water partition coefficient (Wildman–Crippen LogP) is 6.64. The number of aromatic nitrogens is 3. The van der Waals surface area contributed by atoms with Crippen molar-refractivity contribution in [2.45, 2.75) is 56.6 Å². The molecule has 0 aliphatic heterocycles. The maximum absolute atomic E-state index is 12.7. The van der Waals surface area contributed by atoms with Crippen LogP contribution in [0.1, 0.15) is 60.9 Å². The van der Waals surface area contributed by atoms with Crippen molar-refractivity contribution in [3.63, 3.8) is 0 Å². The number of carbonyl (C=O) groups excluding carboxylic acids is 1. The molecule has 1 aromatic heterocycles. The second kappa shape index (κ2) is 9.80. The van der Waals surface area contributed by atoms with Crippen LogP contribution in [0.5, 0.6) is 0 Å². The average molecular weight is 440 g/mol. The summed E-state index contributed by atoms with van der Waals surface area (Å²) in [5, 5.41) is 10.1. The molecule has 30 heavy (non-hydrogen) atoms. The van der Waals surface area contributed by atoms with Crippen LogP contribution in [0.2, 0.25) is 5.02 Å². The topological polar surface area (TPSA) is 47.8 Å². The summed E-state index contributed by atoms with van der Waals surface area (Å²) in [6.45, 7) is 2.79. The molecule has 2 aromatic carbocycles. The Balaban J connectivity index is 1.42. The van der Waals surface area contributed by atoms with Gasteiger partial charge >= 0.3 is 0 Å². The number of ketones is 1. The molecular weight excluding hydrogens is 414 g/mol. The van der Waals surface area contributed by atoms with E-state index in [9.17, 15) is 4.79 Å². The first-order chi connectivity index (χ1) is 14.7. The SMILES string of the molecule is CCn1c(SCC(=O)c2ccc(C3CCCCC3)cc2)nnc1-c1ccc(Cl)cc1. The summed E-state index contributed by atoms with van der Waals surface area (Å²) < 4.78 is 2.04. The first-order valence-electron chi connectivity index (χ1n) is 10.6. The number of hydrogen-bond donors (Lipinski definition) is 0. The summed E-state index contributed by atoms with van der Waals surface area (Å²) in [5.41, 5.74) is 3.10. The molecule has 1 fully saturated rings. The highest BCUT2D eigenvalue weighted by atomic mass is 35.5. The highest BCUT2D eigenvalue weighted by molar-refractivity contribution is 7.99. The number of thioether (sulfide) groups is 1. The third-order valence-electron chi connectivity index (χ3n) is 5.78. The molecule has 0 radical (unpaired) electrons. The largest absolute Gasteiger partial charge is 0.302 e. The van der Waals surface area contributed by atoms with Crippen LogP contribution in [0.25, 0.3) is 11.4 Å². The second-order valence-electron chi connectivity index (χ2n) is 7.73. The first-order valence-corrected chi connectivity index (χ1v) is 12.0. The maximum Gasteiger partial charge on any atom is 0.191 e. The number of Topliss-reactive ketones (excluding diaryl/α,β-unsaturated/α-hetero) is 1. The van der Waals surface area contributed by atoms with E-state index < -0.39 is 0 Å². The number of hydrogen-bond acceptors (Lipinski definition) is 4. The molecule has 6 heteroatoms. The first kappa shape index (κ1) is 21.1. The number of halogens is 1. The van der Waals surface area contributed by atoms with E-state index in [4.69, 9.17) is 11.6 Å². The van der Waals surface area contributed by atoms with Crippen LogP contribution in [-0.2, 0) is 6.54 Å². The lowest BCUT2D eigenvalue weighted by Crippen LogP contribution is -2.07. The minimum atomic E-state index is 0.119. The smallest absolute Gasteiger partial charge is 0.191 e. The minimum absolute atomic E-state index is 0.119. The van der Waals surface area contributed by atoms with Gasteiger partial charge in [0, 0.05) is 22.7 Å². The third kappa shape index (κ3) is 4.79.